The molecule has 0 fully saturated rings. The molecule has 2 aromatic rings. The van der Waals surface area contributed by atoms with E-state index in [1.165, 1.54) is 7.11 Å². The Morgan fingerprint density at radius 1 is 1.05 bits per heavy atom. The highest BCUT2D eigenvalue weighted by atomic mass is 35.5. The molecule has 0 saturated carbocycles. The minimum atomic E-state index is -0.176. The molecular formula is C16H15ClO2S. The van der Waals surface area contributed by atoms with Gasteiger partial charge in [0, 0.05) is 21.2 Å². The molecule has 20 heavy (non-hydrogen) atoms. The second-order valence-electron chi connectivity index (χ2n) is 4.28. The lowest BCUT2D eigenvalue weighted by atomic mass is 10.1. The van der Waals surface area contributed by atoms with E-state index in [1.807, 2.05) is 36.4 Å². The Bertz CT molecular complexity index is 564. The van der Waals surface area contributed by atoms with Crippen LogP contribution in [0.5, 0.6) is 0 Å². The molecule has 0 spiro atoms. The Morgan fingerprint density at radius 3 is 2.15 bits per heavy atom. The standard InChI is InChI=1S/C16H15ClO2S/c1-19-16(18)11-4-12-2-7-14(8-3-12)20-15-9-5-13(17)6-10-15/h2-3,5-10H,4,11H2,1H3. The smallest absolute Gasteiger partial charge is 0.305 e. The maximum Gasteiger partial charge on any atom is 0.305 e. The molecule has 4 heteroatoms. The van der Waals surface area contributed by atoms with Crippen molar-refractivity contribution in [3.63, 3.8) is 0 Å². The Hall–Kier alpha value is -1.45. The zero-order chi connectivity index (χ0) is 14.4. The average molecular weight is 307 g/mol. The Labute approximate surface area is 128 Å². The Kier molecular flexibility index (Phi) is 5.50. The topological polar surface area (TPSA) is 26.3 Å². The number of esters is 1. The molecule has 0 radical (unpaired) electrons. The fourth-order valence-electron chi connectivity index (χ4n) is 1.71. The van der Waals surface area contributed by atoms with Gasteiger partial charge in [-0.2, -0.15) is 0 Å². The van der Waals surface area contributed by atoms with Crippen LogP contribution in [0.25, 0.3) is 0 Å². The Morgan fingerprint density at radius 2 is 1.60 bits per heavy atom. The molecule has 0 aliphatic rings. The summed E-state index contributed by atoms with van der Waals surface area (Å²) in [6, 6.07) is 16.0. The second-order valence-corrected chi connectivity index (χ2v) is 5.86. The van der Waals surface area contributed by atoms with Gasteiger partial charge in [0.05, 0.1) is 7.11 Å². The molecule has 0 atom stereocenters. The number of benzene rings is 2. The summed E-state index contributed by atoms with van der Waals surface area (Å²) in [6.45, 7) is 0. The van der Waals surface area contributed by atoms with Crippen molar-refractivity contribution in [2.75, 3.05) is 7.11 Å². The van der Waals surface area contributed by atoms with E-state index >= 15 is 0 Å². The number of ether oxygens (including phenoxy) is 1. The van der Waals surface area contributed by atoms with Gasteiger partial charge in [-0.3, -0.25) is 4.79 Å². The summed E-state index contributed by atoms with van der Waals surface area (Å²) >= 11 is 7.54. The number of hydrogen-bond acceptors (Lipinski definition) is 3. The summed E-state index contributed by atoms with van der Waals surface area (Å²) in [4.78, 5) is 13.4. The minimum Gasteiger partial charge on any atom is -0.469 e. The molecule has 0 amide bonds. The van der Waals surface area contributed by atoms with E-state index in [9.17, 15) is 4.79 Å². The first-order valence-corrected chi connectivity index (χ1v) is 7.46. The van der Waals surface area contributed by atoms with E-state index in [-0.39, 0.29) is 5.97 Å². The lowest BCUT2D eigenvalue weighted by Crippen LogP contribution is -2.01. The van der Waals surface area contributed by atoms with Crippen LogP contribution in [0.1, 0.15) is 12.0 Å². The predicted octanol–water partition coefficient (Wildman–Crippen LogP) is 4.60. The first-order valence-electron chi connectivity index (χ1n) is 6.26. The Balaban J connectivity index is 1.94. The first kappa shape index (κ1) is 14.9. The number of aryl methyl sites for hydroxylation is 1. The predicted molar refractivity (Wildman–Crippen MR) is 82.4 cm³/mol. The molecule has 2 rings (SSSR count). The minimum absolute atomic E-state index is 0.176. The summed E-state index contributed by atoms with van der Waals surface area (Å²) in [5.41, 5.74) is 1.14. The second kappa shape index (κ2) is 7.36. The van der Waals surface area contributed by atoms with E-state index in [2.05, 4.69) is 16.9 Å². The van der Waals surface area contributed by atoms with Gasteiger partial charge in [-0.15, -0.1) is 0 Å². The fraction of sp³-hybridized carbons (Fsp3) is 0.188. The molecule has 0 unspecified atom stereocenters. The van der Waals surface area contributed by atoms with Crippen molar-refractivity contribution in [1.82, 2.24) is 0 Å². The molecule has 0 N–H and O–H groups in total. The van der Waals surface area contributed by atoms with Crippen LogP contribution in [-0.4, -0.2) is 13.1 Å². The van der Waals surface area contributed by atoms with Crippen LogP contribution >= 0.6 is 23.4 Å². The fourth-order valence-corrected chi connectivity index (χ4v) is 2.65. The monoisotopic (exact) mass is 306 g/mol. The largest absolute Gasteiger partial charge is 0.469 e. The van der Waals surface area contributed by atoms with Gasteiger partial charge in [0.15, 0.2) is 0 Å². The van der Waals surface area contributed by atoms with Crippen molar-refractivity contribution < 1.29 is 9.53 Å². The highest BCUT2D eigenvalue weighted by Crippen LogP contribution is 2.28. The van der Waals surface area contributed by atoms with Crippen LogP contribution < -0.4 is 0 Å². The van der Waals surface area contributed by atoms with Gasteiger partial charge in [-0.1, -0.05) is 35.5 Å². The third-order valence-corrected chi connectivity index (χ3v) is 4.09. The van der Waals surface area contributed by atoms with Gasteiger partial charge in [0.25, 0.3) is 0 Å². The van der Waals surface area contributed by atoms with E-state index in [4.69, 9.17) is 11.6 Å². The summed E-state index contributed by atoms with van der Waals surface area (Å²) in [5, 5.41) is 0.743. The number of carbonyl (C=O) groups excluding carboxylic acids is 1. The first-order chi connectivity index (χ1) is 9.67. The van der Waals surface area contributed by atoms with E-state index < -0.39 is 0 Å². The summed E-state index contributed by atoms with van der Waals surface area (Å²) < 4.78 is 4.63. The highest BCUT2D eigenvalue weighted by molar-refractivity contribution is 7.99. The lowest BCUT2D eigenvalue weighted by Gasteiger charge is -2.04. The molecule has 0 bridgehead atoms. The molecular weight excluding hydrogens is 292 g/mol. The van der Waals surface area contributed by atoms with Crippen LogP contribution in [0.15, 0.2) is 58.3 Å². The van der Waals surface area contributed by atoms with Crippen molar-refractivity contribution in [2.45, 2.75) is 22.6 Å². The van der Waals surface area contributed by atoms with E-state index in [1.54, 1.807) is 11.8 Å². The summed E-state index contributed by atoms with van der Waals surface area (Å²) in [5.74, 6) is -0.176. The normalized spacial score (nSPS) is 10.3. The van der Waals surface area contributed by atoms with Gasteiger partial charge in [-0.25, -0.2) is 0 Å². The number of methoxy groups -OCH3 is 1. The van der Waals surface area contributed by atoms with Crippen LogP contribution in [0.3, 0.4) is 0 Å². The van der Waals surface area contributed by atoms with Crippen molar-refractivity contribution in [1.29, 1.82) is 0 Å². The van der Waals surface area contributed by atoms with Crippen LogP contribution in [0, 0.1) is 0 Å². The van der Waals surface area contributed by atoms with Gasteiger partial charge < -0.3 is 4.74 Å². The molecule has 0 aliphatic carbocycles. The van der Waals surface area contributed by atoms with Crippen LogP contribution in [0.4, 0.5) is 0 Å². The number of halogens is 1. The van der Waals surface area contributed by atoms with Crippen molar-refractivity contribution in [2.24, 2.45) is 0 Å². The van der Waals surface area contributed by atoms with E-state index in [0.29, 0.717) is 12.8 Å². The maximum absolute atomic E-state index is 11.1. The molecule has 0 aromatic heterocycles. The van der Waals surface area contributed by atoms with Crippen LogP contribution in [0.2, 0.25) is 5.02 Å². The SMILES string of the molecule is COC(=O)CCc1ccc(Sc2ccc(Cl)cc2)cc1. The van der Waals surface area contributed by atoms with Crippen molar-refractivity contribution in [3.05, 3.63) is 59.1 Å². The number of rotatable bonds is 5. The van der Waals surface area contributed by atoms with Crippen molar-refractivity contribution in [3.8, 4) is 0 Å². The average Bonchev–Trinajstić information content (AvgIpc) is 2.48. The number of carbonyl (C=O) groups is 1. The quantitative estimate of drug-likeness (QED) is 0.755. The molecule has 104 valence electrons. The van der Waals surface area contributed by atoms with Gasteiger partial charge in [0.2, 0.25) is 0 Å². The summed E-state index contributed by atoms with van der Waals surface area (Å²) in [6.07, 6.45) is 1.12. The van der Waals surface area contributed by atoms with E-state index in [0.717, 1.165) is 20.4 Å². The molecule has 0 heterocycles. The third-order valence-electron chi connectivity index (χ3n) is 2.82. The van der Waals surface area contributed by atoms with Crippen molar-refractivity contribution >= 4 is 29.3 Å². The van der Waals surface area contributed by atoms with Crippen LogP contribution in [-0.2, 0) is 16.0 Å². The summed E-state index contributed by atoms with van der Waals surface area (Å²) in [7, 11) is 1.41. The zero-order valence-corrected chi connectivity index (χ0v) is 12.7. The number of hydrogen-bond donors (Lipinski definition) is 0. The molecule has 2 nitrogen and oxygen atoms in total. The van der Waals surface area contributed by atoms with Gasteiger partial charge >= 0.3 is 5.97 Å². The third kappa shape index (κ3) is 4.58. The lowest BCUT2D eigenvalue weighted by molar-refractivity contribution is -0.140. The maximum atomic E-state index is 11.1. The molecule has 0 saturated heterocycles. The van der Waals surface area contributed by atoms with Gasteiger partial charge in [-0.05, 0) is 48.4 Å². The molecule has 2 aromatic carbocycles. The zero-order valence-electron chi connectivity index (χ0n) is 11.1. The highest BCUT2D eigenvalue weighted by Gasteiger charge is 2.02. The molecule has 0 aliphatic heterocycles. The van der Waals surface area contributed by atoms with Gasteiger partial charge in [0.1, 0.15) is 0 Å².